The second-order valence-electron chi connectivity index (χ2n) is 11.4. The lowest BCUT2D eigenvalue weighted by Crippen LogP contribution is -2.52. The molecule has 1 saturated carbocycles. The molecule has 0 saturated heterocycles. The standard InChI is InChI=1S/C29H34BrFN4O6/c1-29(2,3)41-27(38)33-15-17-4-8-18(9-5-17)26(37)35(20-13-21(31)24-22(14-20)34-28(39)40-24)23(25(32)36)12-16-6-10-19(30)11-7-16/h6-7,10-11,13-14,17-18,23H,4-5,8-9,12,15H2,1-3H3,(H2,32,36)(H,33,38)(H,34,39)/t17?,18?,23-/m0/s1. The molecule has 2 aromatic carbocycles. The number of halogens is 2. The van der Waals surface area contributed by atoms with Crippen LogP contribution in [0.3, 0.4) is 0 Å². The highest BCUT2D eigenvalue weighted by Crippen LogP contribution is 2.34. The Bertz CT molecular complexity index is 1470. The molecule has 4 rings (SSSR count). The predicted molar refractivity (Wildman–Crippen MR) is 155 cm³/mol. The number of aromatic nitrogens is 1. The van der Waals surface area contributed by atoms with Gasteiger partial charge in [-0.05, 0) is 76.1 Å². The van der Waals surface area contributed by atoms with Gasteiger partial charge in [0.05, 0.1) is 5.52 Å². The highest BCUT2D eigenvalue weighted by Gasteiger charge is 2.37. The van der Waals surface area contributed by atoms with Crippen LogP contribution in [0.2, 0.25) is 0 Å². The second kappa shape index (κ2) is 12.5. The van der Waals surface area contributed by atoms with E-state index in [4.69, 9.17) is 14.9 Å². The molecule has 1 aliphatic rings. The molecule has 12 heteroatoms. The summed E-state index contributed by atoms with van der Waals surface area (Å²) in [5.74, 6) is -3.11. The van der Waals surface area contributed by atoms with E-state index in [0.29, 0.717) is 32.2 Å². The summed E-state index contributed by atoms with van der Waals surface area (Å²) in [4.78, 5) is 54.3. The normalized spacial score (nSPS) is 18.1. The average Bonchev–Trinajstić information content (AvgIpc) is 3.28. The van der Waals surface area contributed by atoms with Crippen molar-refractivity contribution in [3.05, 3.63) is 62.8 Å². The number of nitrogens with one attached hydrogen (secondary N) is 2. The van der Waals surface area contributed by atoms with Gasteiger partial charge in [0, 0.05) is 35.1 Å². The summed E-state index contributed by atoms with van der Waals surface area (Å²) in [6, 6.07) is 8.61. The molecular formula is C29H34BrFN4O6. The zero-order chi connectivity index (χ0) is 29.9. The Kier molecular flexibility index (Phi) is 9.21. The van der Waals surface area contributed by atoms with Gasteiger partial charge in [0.25, 0.3) is 0 Å². The molecule has 220 valence electrons. The van der Waals surface area contributed by atoms with Crippen molar-refractivity contribution in [2.45, 2.75) is 64.5 Å². The largest absolute Gasteiger partial charge is 0.444 e. The van der Waals surface area contributed by atoms with E-state index >= 15 is 4.39 Å². The molecule has 1 aromatic heterocycles. The van der Waals surface area contributed by atoms with Crippen molar-refractivity contribution in [2.75, 3.05) is 11.4 Å². The first-order valence-corrected chi connectivity index (χ1v) is 14.3. The minimum Gasteiger partial charge on any atom is -0.444 e. The first kappa shape index (κ1) is 30.3. The predicted octanol–water partition coefficient (Wildman–Crippen LogP) is 4.78. The van der Waals surface area contributed by atoms with Gasteiger partial charge in [0.1, 0.15) is 11.6 Å². The quantitative estimate of drug-likeness (QED) is 0.325. The number of hydrogen-bond donors (Lipinski definition) is 3. The fourth-order valence-corrected chi connectivity index (χ4v) is 5.38. The minimum atomic E-state index is -1.12. The van der Waals surface area contributed by atoms with Crippen molar-refractivity contribution in [1.29, 1.82) is 0 Å². The average molecular weight is 634 g/mol. The Labute approximate surface area is 244 Å². The molecule has 1 heterocycles. The maximum absolute atomic E-state index is 15.0. The maximum atomic E-state index is 15.0. The number of aromatic amines is 1. The molecule has 10 nitrogen and oxygen atoms in total. The van der Waals surface area contributed by atoms with E-state index in [1.54, 1.807) is 20.8 Å². The Hall–Kier alpha value is -3.67. The lowest BCUT2D eigenvalue weighted by molar-refractivity contribution is -0.127. The van der Waals surface area contributed by atoms with Crippen LogP contribution in [0.5, 0.6) is 0 Å². The first-order chi connectivity index (χ1) is 19.3. The summed E-state index contributed by atoms with van der Waals surface area (Å²) in [6.07, 6.45) is 1.95. The summed E-state index contributed by atoms with van der Waals surface area (Å²) in [5.41, 5.74) is 5.88. The summed E-state index contributed by atoms with van der Waals surface area (Å²) < 4.78 is 26.0. The monoisotopic (exact) mass is 632 g/mol. The maximum Gasteiger partial charge on any atom is 0.417 e. The first-order valence-electron chi connectivity index (χ1n) is 13.5. The van der Waals surface area contributed by atoms with E-state index in [2.05, 4.69) is 26.2 Å². The van der Waals surface area contributed by atoms with Gasteiger partial charge in [0.15, 0.2) is 11.4 Å². The zero-order valence-electron chi connectivity index (χ0n) is 23.2. The highest BCUT2D eigenvalue weighted by atomic mass is 79.9. The molecule has 0 radical (unpaired) electrons. The van der Waals surface area contributed by atoms with Gasteiger partial charge >= 0.3 is 11.8 Å². The SMILES string of the molecule is CC(C)(C)OC(=O)NCC1CCC(C(=O)N(c2cc(F)c3oc(=O)[nH]c3c2)[C@@H](Cc2ccc(Br)cc2)C(N)=O)CC1. The summed E-state index contributed by atoms with van der Waals surface area (Å²) in [5, 5.41) is 2.79. The lowest BCUT2D eigenvalue weighted by atomic mass is 9.81. The number of anilines is 1. The van der Waals surface area contributed by atoms with Crippen molar-refractivity contribution in [3.8, 4) is 0 Å². The molecular weight excluding hydrogens is 599 g/mol. The summed E-state index contributed by atoms with van der Waals surface area (Å²) >= 11 is 3.39. The third-order valence-electron chi connectivity index (χ3n) is 7.09. The van der Waals surface area contributed by atoms with E-state index in [-0.39, 0.29) is 35.0 Å². The number of nitrogens with zero attached hydrogens (tertiary/aromatic N) is 1. The van der Waals surface area contributed by atoms with E-state index in [1.165, 1.54) is 11.0 Å². The molecule has 41 heavy (non-hydrogen) atoms. The Morgan fingerprint density at radius 3 is 2.44 bits per heavy atom. The summed E-state index contributed by atoms with van der Waals surface area (Å²) in [7, 11) is 0. The van der Waals surface area contributed by atoms with Gasteiger partial charge in [-0.25, -0.2) is 14.0 Å². The third kappa shape index (κ3) is 7.75. The van der Waals surface area contributed by atoms with Gasteiger partial charge < -0.3 is 20.2 Å². The van der Waals surface area contributed by atoms with Crippen molar-refractivity contribution in [3.63, 3.8) is 0 Å². The van der Waals surface area contributed by atoms with Crippen molar-refractivity contribution in [1.82, 2.24) is 10.3 Å². The van der Waals surface area contributed by atoms with E-state index in [9.17, 15) is 19.2 Å². The number of alkyl carbamates (subject to hydrolysis) is 1. The number of carbonyl (C=O) groups excluding carboxylic acids is 3. The van der Waals surface area contributed by atoms with Crippen molar-refractivity contribution < 1.29 is 27.9 Å². The number of fused-ring (bicyclic) bond motifs is 1. The molecule has 1 aliphatic carbocycles. The Morgan fingerprint density at radius 2 is 1.83 bits per heavy atom. The van der Waals surface area contributed by atoms with Crippen molar-refractivity contribution in [2.24, 2.45) is 17.6 Å². The lowest BCUT2D eigenvalue weighted by Gasteiger charge is -2.35. The number of amides is 3. The van der Waals surface area contributed by atoms with E-state index < -0.39 is 41.1 Å². The zero-order valence-corrected chi connectivity index (χ0v) is 24.8. The molecule has 0 bridgehead atoms. The third-order valence-corrected chi connectivity index (χ3v) is 7.62. The summed E-state index contributed by atoms with van der Waals surface area (Å²) in [6.45, 7) is 5.79. The minimum absolute atomic E-state index is 0.0617. The molecule has 0 spiro atoms. The van der Waals surface area contributed by atoms with Crippen LogP contribution in [-0.4, -0.2) is 41.1 Å². The molecule has 4 N–H and O–H groups in total. The molecule has 3 aromatic rings. The Morgan fingerprint density at radius 1 is 1.17 bits per heavy atom. The number of oxazole rings is 1. The van der Waals surface area contributed by atoms with Crippen LogP contribution in [0.15, 0.2) is 50.1 Å². The number of rotatable bonds is 8. The van der Waals surface area contributed by atoms with Crippen LogP contribution in [0, 0.1) is 17.7 Å². The van der Waals surface area contributed by atoms with Crippen LogP contribution >= 0.6 is 15.9 Å². The smallest absolute Gasteiger partial charge is 0.417 e. The van der Waals surface area contributed by atoms with Crippen LogP contribution in [-0.2, 0) is 20.7 Å². The molecule has 0 aliphatic heterocycles. The number of hydrogen-bond acceptors (Lipinski definition) is 6. The van der Waals surface area contributed by atoms with Crippen LogP contribution in [0.25, 0.3) is 11.1 Å². The van der Waals surface area contributed by atoms with Crippen LogP contribution in [0.1, 0.15) is 52.0 Å². The van der Waals surface area contributed by atoms with E-state index in [1.807, 2.05) is 24.3 Å². The number of primary amides is 1. The van der Waals surface area contributed by atoms with Gasteiger partial charge in [0.2, 0.25) is 11.8 Å². The van der Waals surface area contributed by atoms with Crippen molar-refractivity contribution >= 4 is 50.6 Å². The number of benzene rings is 2. The molecule has 1 atom stereocenters. The van der Waals surface area contributed by atoms with Gasteiger partial charge in [-0.15, -0.1) is 0 Å². The molecule has 0 unspecified atom stereocenters. The molecule has 3 amide bonds. The number of carbonyl (C=O) groups is 3. The fourth-order valence-electron chi connectivity index (χ4n) is 5.12. The van der Waals surface area contributed by atoms with E-state index in [0.717, 1.165) is 16.1 Å². The van der Waals surface area contributed by atoms with Gasteiger partial charge in [-0.2, -0.15) is 0 Å². The molecule has 1 fully saturated rings. The van der Waals surface area contributed by atoms with Gasteiger partial charge in [-0.1, -0.05) is 28.1 Å². The second-order valence-corrected chi connectivity index (χ2v) is 12.3. The number of nitrogens with two attached hydrogens (primary N) is 1. The Balaban J connectivity index is 1.57. The fraction of sp³-hybridized carbons (Fsp3) is 0.448. The van der Waals surface area contributed by atoms with Crippen LogP contribution in [0.4, 0.5) is 14.9 Å². The van der Waals surface area contributed by atoms with Crippen LogP contribution < -0.4 is 21.7 Å². The highest BCUT2D eigenvalue weighted by molar-refractivity contribution is 9.10. The number of H-pyrrole nitrogens is 1. The topological polar surface area (TPSA) is 148 Å². The number of ether oxygens (including phenoxy) is 1. The van der Waals surface area contributed by atoms with Gasteiger partial charge in [-0.3, -0.25) is 19.5 Å².